The van der Waals surface area contributed by atoms with Gasteiger partial charge < -0.3 is 10.4 Å². The van der Waals surface area contributed by atoms with Gasteiger partial charge in [0, 0.05) is 6.54 Å². The van der Waals surface area contributed by atoms with Crippen LogP contribution < -0.4 is 5.32 Å². The second-order valence-electron chi connectivity index (χ2n) is 6.69. The molecule has 2 atom stereocenters. The molecule has 4 heteroatoms. The Labute approximate surface area is 113 Å². The Morgan fingerprint density at radius 1 is 1.05 bits per heavy atom. The Balaban J connectivity index is 1.55. The van der Waals surface area contributed by atoms with E-state index >= 15 is 0 Å². The van der Waals surface area contributed by atoms with Crippen molar-refractivity contribution in [2.24, 2.45) is 23.2 Å². The summed E-state index contributed by atoms with van der Waals surface area (Å²) in [6, 6.07) is 0. The minimum atomic E-state index is -0.803. The van der Waals surface area contributed by atoms with Gasteiger partial charge in [0.05, 0.1) is 11.8 Å². The molecule has 0 spiro atoms. The Bertz CT molecular complexity index is 385. The molecule has 0 aromatic rings. The van der Waals surface area contributed by atoms with Crippen LogP contribution in [-0.4, -0.2) is 23.5 Å². The Hall–Kier alpha value is -1.06. The zero-order valence-electron chi connectivity index (χ0n) is 11.4. The van der Waals surface area contributed by atoms with Gasteiger partial charge >= 0.3 is 5.97 Å². The second-order valence-corrected chi connectivity index (χ2v) is 6.69. The fraction of sp³-hybridized carbons (Fsp3) is 0.867. The van der Waals surface area contributed by atoms with E-state index in [-0.39, 0.29) is 11.8 Å². The summed E-state index contributed by atoms with van der Waals surface area (Å²) in [5.41, 5.74) is 0.392. The van der Waals surface area contributed by atoms with Crippen LogP contribution in [-0.2, 0) is 9.59 Å². The van der Waals surface area contributed by atoms with E-state index in [0.717, 1.165) is 31.7 Å². The highest BCUT2D eigenvalue weighted by atomic mass is 16.4. The molecule has 4 nitrogen and oxygen atoms in total. The van der Waals surface area contributed by atoms with Crippen LogP contribution in [0, 0.1) is 23.2 Å². The summed E-state index contributed by atoms with van der Waals surface area (Å²) in [7, 11) is 0. The van der Waals surface area contributed by atoms with Gasteiger partial charge in [-0.05, 0) is 49.9 Å². The van der Waals surface area contributed by atoms with E-state index < -0.39 is 11.9 Å². The third-order valence-electron chi connectivity index (χ3n) is 5.37. The monoisotopic (exact) mass is 265 g/mol. The normalized spacial score (nSPS) is 32.6. The van der Waals surface area contributed by atoms with Crippen molar-refractivity contribution in [2.75, 3.05) is 6.54 Å². The van der Waals surface area contributed by atoms with Crippen LogP contribution in [0.3, 0.4) is 0 Å². The number of amides is 1. The number of hydrogen-bond acceptors (Lipinski definition) is 2. The van der Waals surface area contributed by atoms with Gasteiger partial charge in [-0.15, -0.1) is 0 Å². The molecule has 0 saturated heterocycles. The van der Waals surface area contributed by atoms with Crippen molar-refractivity contribution in [1.29, 1.82) is 0 Å². The van der Waals surface area contributed by atoms with E-state index in [1.165, 1.54) is 25.7 Å². The summed E-state index contributed by atoms with van der Waals surface area (Å²) in [6.45, 7) is 0.777. The number of carbonyl (C=O) groups excluding carboxylic acids is 1. The standard InChI is InChI=1S/C15H23NO3/c17-13(11-3-1-2-4-12(11)14(18)19)16-9-15(7-8-15)10-5-6-10/h10-12H,1-9H2,(H,16,17)(H,18,19). The topological polar surface area (TPSA) is 66.4 Å². The number of carboxylic acid groups (broad SMARTS) is 1. The van der Waals surface area contributed by atoms with Crippen molar-refractivity contribution in [3.63, 3.8) is 0 Å². The summed E-state index contributed by atoms with van der Waals surface area (Å²) in [6.07, 6.45) is 8.42. The van der Waals surface area contributed by atoms with Crippen molar-refractivity contribution in [3.8, 4) is 0 Å². The number of aliphatic carboxylic acids is 1. The number of carbonyl (C=O) groups is 2. The predicted octanol–water partition coefficient (Wildman–Crippen LogP) is 2.18. The molecule has 3 aliphatic carbocycles. The van der Waals surface area contributed by atoms with E-state index in [2.05, 4.69) is 5.32 Å². The highest BCUT2D eigenvalue weighted by Gasteiger charge is 2.53. The molecule has 3 aliphatic rings. The number of nitrogens with one attached hydrogen (secondary N) is 1. The lowest BCUT2D eigenvalue weighted by Crippen LogP contribution is -2.42. The molecule has 0 aliphatic heterocycles. The molecule has 0 aromatic carbocycles. The first-order chi connectivity index (χ1) is 9.12. The summed E-state index contributed by atoms with van der Waals surface area (Å²) >= 11 is 0. The maximum Gasteiger partial charge on any atom is 0.307 e. The molecule has 0 aromatic heterocycles. The lowest BCUT2D eigenvalue weighted by molar-refractivity contribution is -0.149. The molecule has 106 valence electrons. The first kappa shape index (κ1) is 12.9. The van der Waals surface area contributed by atoms with Crippen LogP contribution in [0.2, 0.25) is 0 Å². The molecule has 0 heterocycles. The average molecular weight is 265 g/mol. The molecular formula is C15H23NO3. The quantitative estimate of drug-likeness (QED) is 0.800. The van der Waals surface area contributed by atoms with E-state index in [0.29, 0.717) is 11.8 Å². The number of hydrogen-bond donors (Lipinski definition) is 2. The molecule has 19 heavy (non-hydrogen) atoms. The van der Waals surface area contributed by atoms with Crippen molar-refractivity contribution in [1.82, 2.24) is 5.32 Å². The Morgan fingerprint density at radius 2 is 1.68 bits per heavy atom. The van der Waals surface area contributed by atoms with Crippen LogP contribution in [0.15, 0.2) is 0 Å². The smallest absolute Gasteiger partial charge is 0.307 e. The zero-order valence-corrected chi connectivity index (χ0v) is 11.4. The van der Waals surface area contributed by atoms with Crippen LogP contribution in [0.1, 0.15) is 51.4 Å². The summed E-state index contributed by atoms with van der Waals surface area (Å²) in [5, 5.41) is 12.3. The van der Waals surface area contributed by atoms with E-state index in [1.807, 2.05) is 0 Å². The molecule has 3 fully saturated rings. The first-order valence-corrected chi connectivity index (χ1v) is 7.63. The molecule has 2 N–H and O–H groups in total. The van der Waals surface area contributed by atoms with Crippen LogP contribution in [0.4, 0.5) is 0 Å². The van der Waals surface area contributed by atoms with Crippen LogP contribution in [0.25, 0.3) is 0 Å². The van der Waals surface area contributed by atoms with Gasteiger partial charge in [-0.3, -0.25) is 9.59 Å². The molecule has 0 radical (unpaired) electrons. The van der Waals surface area contributed by atoms with Gasteiger partial charge in [0.15, 0.2) is 0 Å². The van der Waals surface area contributed by atoms with Gasteiger partial charge in [0.25, 0.3) is 0 Å². The van der Waals surface area contributed by atoms with Gasteiger partial charge in [-0.25, -0.2) is 0 Å². The van der Waals surface area contributed by atoms with Gasteiger partial charge in [0.2, 0.25) is 5.91 Å². The lowest BCUT2D eigenvalue weighted by atomic mass is 9.78. The zero-order chi connectivity index (χ0) is 13.5. The SMILES string of the molecule is O=C(O)C1CCCCC1C(=O)NCC1(C2CC2)CC1. The summed E-state index contributed by atoms with van der Waals surface area (Å²) in [5.74, 6) is -0.761. The summed E-state index contributed by atoms with van der Waals surface area (Å²) in [4.78, 5) is 23.5. The van der Waals surface area contributed by atoms with Crippen molar-refractivity contribution in [2.45, 2.75) is 51.4 Å². The van der Waals surface area contributed by atoms with Crippen molar-refractivity contribution >= 4 is 11.9 Å². The number of rotatable bonds is 5. The van der Waals surface area contributed by atoms with Crippen molar-refractivity contribution < 1.29 is 14.7 Å². The Kier molecular flexibility index (Phi) is 3.27. The third-order valence-corrected chi connectivity index (χ3v) is 5.37. The first-order valence-electron chi connectivity index (χ1n) is 7.63. The molecule has 0 bridgehead atoms. The molecular weight excluding hydrogens is 242 g/mol. The largest absolute Gasteiger partial charge is 0.481 e. The lowest BCUT2D eigenvalue weighted by Gasteiger charge is -2.28. The fourth-order valence-corrected chi connectivity index (χ4v) is 3.72. The molecule has 2 unspecified atom stereocenters. The van der Waals surface area contributed by atoms with Gasteiger partial charge in [0.1, 0.15) is 0 Å². The van der Waals surface area contributed by atoms with Gasteiger partial charge in [-0.1, -0.05) is 12.8 Å². The van der Waals surface area contributed by atoms with Crippen LogP contribution in [0.5, 0.6) is 0 Å². The summed E-state index contributed by atoms with van der Waals surface area (Å²) < 4.78 is 0. The minimum Gasteiger partial charge on any atom is -0.481 e. The predicted molar refractivity (Wildman–Crippen MR) is 70.5 cm³/mol. The molecule has 3 rings (SSSR count). The minimum absolute atomic E-state index is 0.0148. The third kappa shape index (κ3) is 2.63. The van der Waals surface area contributed by atoms with Crippen LogP contribution >= 0.6 is 0 Å². The second kappa shape index (κ2) is 4.80. The van der Waals surface area contributed by atoms with Gasteiger partial charge in [-0.2, -0.15) is 0 Å². The highest BCUT2D eigenvalue weighted by molar-refractivity contribution is 5.84. The average Bonchev–Trinajstić information content (AvgIpc) is 3.28. The maximum absolute atomic E-state index is 12.3. The van der Waals surface area contributed by atoms with E-state index in [1.54, 1.807) is 0 Å². The Morgan fingerprint density at radius 3 is 2.21 bits per heavy atom. The molecule has 3 saturated carbocycles. The van der Waals surface area contributed by atoms with E-state index in [4.69, 9.17) is 0 Å². The highest BCUT2D eigenvalue weighted by Crippen LogP contribution is 2.60. The van der Waals surface area contributed by atoms with E-state index in [9.17, 15) is 14.7 Å². The van der Waals surface area contributed by atoms with Crippen molar-refractivity contribution in [3.05, 3.63) is 0 Å². The molecule has 1 amide bonds. The number of carboxylic acids is 1. The fourth-order valence-electron chi connectivity index (χ4n) is 3.72. The maximum atomic E-state index is 12.3.